The number of phenols is 1. The molecule has 3 nitrogen and oxygen atoms in total. The largest absolute Gasteiger partial charge is 0.504 e. The van der Waals surface area contributed by atoms with Crippen LogP contribution in [0.2, 0.25) is 0 Å². The van der Waals surface area contributed by atoms with Crippen LogP contribution in [0.4, 0.5) is 0 Å². The molecule has 0 saturated heterocycles. The zero-order valence-electron chi connectivity index (χ0n) is 7.79. The van der Waals surface area contributed by atoms with Gasteiger partial charge in [-0.15, -0.1) is 0 Å². The van der Waals surface area contributed by atoms with E-state index >= 15 is 0 Å². The van der Waals surface area contributed by atoms with Gasteiger partial charge in [0.2, 0.25) is 0 Å². The van der Waals surface area contributed by atoms with Crippen molar-refractivity contribution < 1.29 is 14.6 Å². The molecule has 0 fully saturated rings. The van der Waals surface area contributed by atoms with Crippen molar-refractivity contribution in [1.82, 2.24) is 0 Å². The molecule has 1 rings (SSSR count). The zero-order chi connectivity index (χ0) is 10.6. The Balaban J connectivity index is 3.04. The fourth-order valence-electron chi connectivity index (χ4n) is 1.20. The topological polar surface area (TPSA) is 46.5 Å². The quantitative estimate of drug-likeness (QED) is 0.844. The molecule has 0 amide bonds. The Morgan fingerprint density at radius 1 is 1.57 bits per heavy atom. The number of phenolic OH excluding ortho intramolecular Hbond substituents is 1. The minimum Gasteiger partial charge on any atom is -0.504 e. The molecule has 0 heterocycles. The lowest BCUT2D eigenvalue weighted by Gasteiger charge is -2.09. The monoisotopic (exact) mass is 258 g/mol. The molecule has 0 unspecified atom stereocenters. The number of carbonyl (C=O) groups excluding carboxylic acids is 1. The molecule has 4 heteroatoms. The lowest BCUT2D eigenvalue weighted by molar-refractivity contribution is -0.107. The summed E-state index contributed by atoms with van der Waals surface area (Å²) >= 11 is 3.31. The molecule has 0 aliphatic rings. The van der Waals surface area contributed by atoms with Crippen molar-refractivity contribution in [2.24, 2.45) is 0 Å². The lowest BCUT2D eigenvalue weighted by atomic mass is 10.1. The molecule has 1 aromatic carbocycles. The summed E-state index contributed by atoms with van der Waals surface area (Å²) in [5, 5.41) is 9.73. The van der Waals surface area contributed by atoms with Crippen LogP contribution in [0.5, 0.6) is 11.5 Å². The number of ether oxygens (including phenoxy) is 1. The number of carbonyl (C=O) groups is 1. The van der Waals surface area contributed by atoms with Crippen molar-refractivity contribution in [1.29, 1.82) is 0 Å². The third-order valence-electron chi connectivity index (χ3n) is 1.92. The molecule has 0 radical (unpaired) electrons. The number of methoxy groups -OCH3 is 1. The highest BCUT2D eigenvalue weighted by Crippen LogP contribution is 2.35. The van der Waals surface area contributed by atoms with E-state index in [1.54, 1.807) is 12.1 Å². The van der Waals surface area contributed by atoms with Crippen LogP contribution in [0.25, 0.3) is 0 Å². The molecule has 14 heavy (non-hydrogen) atoms. The minimum atomic E-state index is 0.101. The molecule has 0 atom stereocenters. The maximum atomic E-state index is 10.2. The molecule has 0 aliphatic carbocycles. The normalized spacial score (nSPS) is 9.86. The number of aromatic hydroxyl groups is 1. The second kappa shape index (κ2) is 5.00. The minimum absolute atomic E-state index is 0.101. The standard InChI is InChI=1S/C10H11BrO3/c1-14-9-5-4-8(11)7(10(9)13)3-2-6-12/h4-6,13H,2-3H2,1H3. The van der Waals surface area contributed by atoms with Crippen LogP contribution in [-0.2, 0) is 11.2 Å². The molecule has 76 valence electrons. The van der Waals surface area contributed by atoms with Crippen LogP contribution in [-0.4, -0.2) is 18.5 Å². The maximum Gasteiger partial charge on any atom is 0.162 e. The van der Waals surface area contributed by atoms with Crippen LogP contribution in [0.3, 0.4) is 0 Å². The highest BCUT2D eigenvalue weighted by molar-refractivity contribution is 9.10. The van der Waals surface area contributed by atoms with Crippen molar-refractivity contribution in [3.8, 4) is 11.5 Å². The van der Waals surface area contributed by atoms with E-state index in [1.165, 1.54) is 7.11 Å². The Kier molecular flexibility index (Phi) is 3.95. The molecule has 1 N–H and O–H groups in total. The van der Waals surface area contributed by atoms with Crippen LogP contribution in [0.15, 0.2) is 16.6 Å². The first-order valence-electron chi connectivity index (χ1n) is 4.18. The van der Waals surface area contributed by atoms with Crippen LogP contribution in [0.1, 0.15) is 12.0 Å². The van der Waals surface area contributed by atoms with Gasteiger partial charge < -0.3 is 14.6 Å². The third-order valence-corrected chi connectivity index (χ3v) is 2.66. The molecule has 1 aromatic rings. The SMILES string of the molecule is COc1ccc(Br)c(CCC=O)c1O. The number of aldehydes is 1. The summed E-state index contributed by atoms with van der Waals surface area (Å²) in [6.07, 6.45) is 1.72. The Morgan fingerprint density at radius 2 is 2.29 bits per heavy atom. The van der Waals surface area contributed by atoms with E-state index in [1.807, 2.05) is 0 Å². The second-order valence-corrected chi connectivity index (χ2v) is 3.64. The molecule has 0 aliphatic heterocycles. The Hall–Kier alpha value is -1.03. The molecule has 0 spiro atoms. The molecule has 0 bridgehead atoms. The molecular formula is C10H11BrO3. The summed E-state index contributed by atoms with van der Waals surface area (Å²) in [5.41, 5.74) is 0.705. The summed E-state index contributed by atoms with van der Waals surface area (Å²) in [5.74, 6) is 0.526. The Labute approximate surface area is 90.8 Å². The van der Waals surface area contributed by atoms with E-state index in [2.05, 4.69) is 15.9 Å². The number of halogens is 1. The van der Waals surface area contributed by atoms with Gasteiger partial charge in [-0.05, 0) is 18.6 Å². The van der Waals surface area contributed by atoms with Gasteiger partial charge in [-0.25, -0.2) is 0 Å². The predicted molar refractivity (Wildman–Crippen MR) is 56.7 cm³/mol. The predicted octanol–water partition coefficient (Wildman–Crippen LogP) is 2.29. The van der Waals surface area contributed by atoms with E-state index in [-0.39, 0.29) is 5.75 Å². The van der Waals surface area contributed by atoms with Gasteiger partial charge in [0.15, 0.2) is 11.5 Å². The van der Waals surface area contributed by atoms with Crippen molar-refractivity contribution in [3.05, 3.63) is 22.2 Å². The van der Waals surface area contributed by atoms with Crippen LogP contribution >= 0.6 is 15.9 Å². The van der Waals surface area contributed by atoms with Crippen molar-refractivity contribution in [2.45, 2.75) is 12.8 Å². The van der Waals surface area contributed by atoms with E-state index in [9.17, 15) is 9.90 Å². The fourth-order valence-corrected chi connectivity index (χ4v) is 1.71. The summed E-state index contributed by atoms with van der Waals surface area (Å²) in [6, 6.07) is 3.46. The van der Waals surface area contributed by atoms with Gasteiger partial charge in [-0.2, -0.15) is 0 Å². The Morgan fingerprint density at radius 3 is 2.86 bits per heavy atom. The third kappa shape index (κ3) is 2.26. The van der Waals surface area contributed by atoms with Gasteiger partial charge >= 0.3 is 0 Å². The van der Waals surface area contributed by atoms with Crippen LogP contribution < -0.4 is 4.74 Å². The number of rotatable bonds is 4. The second-order valence-electron chi connectivity index (χ2n) is 2.78. The van der Waals surface area contributed by atoms with Crippen molar-refractivity contribution >= 4 is 22.2 Å². The molecular weight excluding hydrogens is 248 g/mol. The Bertz CT molecular complexity index is 336. The van der Waals surface area contributed by atoms with Crippen molar-refractivity contribution in [2.75, 3.05) is 7.11 Å². The van der Waals surface area contributed by atoms with Gasteiger partial charge in [-0.3, -0.25) is 0 Å². The van der Waals surface area contributed by atoms with Gasteiger partial charge in [0.1, 0.15) is 6.29 Å². The smallest absolute Gasteiger partial charge is 0.162 e. The first-order valence-corrected chi connectivity index (χ1v) is 4.98. The maximum absolute atomic E-state index is 10.2. The van der Waals surface area contributed by atoms with Gasteiger partial charge in [-0.1, -0.05) is 15.9 Å². The van der Waals surface area contributed by atoms with E-state index in [0.717, 1.165) is 10.8 Å². The van der Waals surface area contributed by atoms with Crippen molar-refractivity contribution in [3.63, 3.8) is 0 Å². The first-order chi connectivity index (χ1) is 6.70. The summed E-state index contributed by atoms with van der Waals surface area (Å²) in [4.78, 5) is 10.2. The van der Waals surface area contributed by atoms with E-state index in [4.69, 9.17) is 4.74 Å². The zero-order valence-corrected chi connectivity index (χ0v) is 9.37. The van der Waals surface area contributed by atoms with E-state index < -0.39 is 0 Å². The average molecular weight is 259 g/mol. The average Bonchev–Trinajstić information content (AvgIpc) is 2.18. The van der Waals surface area contributed by atoms with Gasteiger partial charge in [0.05, 0.1) is 7.11 Å². The van der Waals surface area contributed by atoms with Gasteiger partial charge in [0, 0.05) is 16.5 Å². The van der Waals surface area contributed by atoms with Gasteiger partial charge in [0.25, 0.3) is 0 Å². The summed E-state index contributed by atoms with van der Waals surface area (Å²) in [7, 11) is 1.49. The highest BCUT2D eigenvalue weighted by Gasteiger charge is 2.10. The molecule has 0 saturated carbocycles. The number of hydrogen-bond donors (Lipinski definition) is 1. The summed E-state index contributed by atoms with van der Waals surface area (Å²) < 4.78 is 5.75. The lowest BCUT2D eigenvalue weighted by Crippen LogP contribution is -1.92. The first kappa shape index (κ1) is 11.0. The highest BCUT2D eigenvalue weighted by atomic mass is 79.9. The fraction of sp³-hybridized carbons (Fsp3) is 0.300. The number of hydrogen-bond acceptors (Lipinski definition) is 3. The number of benzene rings is 1. The molecule has 0 aromatic heterocycles. The summed E-state index contributed by atoms with van der Waals surface area (Å²) in [6.45, 7) is 0. The van der Waals surface area contributed by atoms with Crippen LogP contribution in [0, 0.1) is 0 Å². The van der Waals surface area contributed by atoms with E-state index in [0.29, 0.717) is 24.2 Å².